The summed E-state index contributed by atoms with van der Waals surface area (Å²) in [6.45, 7) is 0. The Morgan fingerprint density at radius 1 is 0.241 bits per heavy atom. The predicted octanol–water partition coefficient (Wildman–Crippen LogP) is 16.3. The lowest BCUT2D eigenvalue weighted by molar-refractivity contribution is 0.669. The Morgan fingerprint density at radius 2 is 0.707 bits per heavy atom. The standard InChI is InChI=1S/C56H30O2/c1-4-31-12-14-39-26-41(27-40-15-13-32(5-1)52(31)54(39)40)43-8-3-9-45-46-28-36(19-24-51(46)58-56(43)45)37-18-23-49-47(29-37)48-30-38(20-25-50(48)57-49)42-21-16-35-11-10-33-6-2-7-34-17-22-44(42)55(35)53(33)34/h1-30H. The minimum Gasteiger partial charge on any atom is -0.456 e. The topological polar surface area (TPSA) is 26.3 Å². The van der Waals surface area contributed by atoms with Crippen LogP contribution in [0.25, 0.3) is 142 Å². The number of hydrogen-bond acceptors (Lipinski definition) is 2. The van der Waals surface area contributed by atoms with Crippen molar-refractivity contribution in [3.05, 3.63) is 182 Å². The van der Waals surface area contributed by atoms with Crippen LogP contribution in [0.3, 0.4) is 0 Å². The number of rotatable bonds is 3. The molecule has 12 aromatic carbocycles. The van der Waals surface area contributed by atoms with E-state index in [2.05, 4.69) is 182 Å². The summed E-state index contributed by atoms with van der Waals surface area (Å²) in [5.74, 6) is 0. The van der Waals surface area contributed by atoms with Crippen molar-refractivity contribution in [3.8, 4) is 33.4 Å². The molecule has 0 radical (unpaired) electrons. The van der Waals surface area contributed by atoms with Crippen LogP contribution in [0.4, 0.5) is 0 Å². The fourth-order valence-corrected chi connectivity index (χ4v) is 10.2. The van der Waals surface area contributed by atoms with Crippen molar-refractivity contribution in [2.75, 3.05) is 0 Å². The van der Waals surface area contributed by atoms with E-state index in [0.29, 0.717) is 0 Å². The van der Waals surface area contributed by atoms with E-state index in [-0.39, 0.29) is 0 Å². The second kappa shape index (κ2) is 11.0. The van der Waals surface area contributed by atoms with Crippen molar-refractivity contribution >= 4 is 109 Å². The average Bonchev–Trinajstić information content (AvgIpc) is 3.84. The molecule has 2 heteroatoms. The van der Waals surface area contributed by atoms with Gasteiger partial charge in [0.05, 0.1) is 0 Å². The van der Waals surface area contributed by atoms with Gasteiger partial charge in [0.1, 0.15) is 22.3 Å². The van der Waals surface area contributed by atoms with E-state index in [0.717, 1.165) is 66.1 Å². The molecule has 0 aliphatic heterocycles. The number of fused-ring (bicyclic) bond motifs is 6. The van der Waals surface area contributed by atoms with Crippen LogP contribution in [0.2, 0.25) is 0 Å². The van der Waals surface area contributed by atoms with Gasteiger partial charge in [0.2, 0.25) is 0 Å². The molecule has 0 bridgehead atoms. The van der Waals surface area contributed by atoms with Crippen molar-refractivity contribution in [3.63, 3.8) is 0 Å². The summed E-state index contributed by atoms with van der Waals surface area (Å²) in [4.78, 5) is 0. The Labute approximate surface area is 331 Å². The second-order valence-electron chi connectivity index (χ2n) is 16.0. The number of hydrogen-bond donors (Lipinski definition) is 0. The number of benzene rings is 12. The van der Waals surface area contributed by atoms with E-state index in [1.54, 1.807) is 0 Å². The van der Waals surface area contributed by atoms with Crippen LogP contribution in [0.15, 0.2) is 191 Å². The smallest absolute Gasteiger partial charge is 0.143 e. The highest BCUT2D eigenvalue weighted by molar-refractivity contribution is 6.26. The van der Waals surface area contributed by atoms with Crippen molar-refractivity contribution in [1.29, 1.82) is 0 Å². The van der Waals surface area contributed by atoms with Crippen molar-refractivity contribution < 1.29 is 8.83 Å². The third kappa shape index (κ3) is 4.11. The number of furan rings is 2. The van der Waals surface area contributed by atoms with Gasteiger partial charge in [-0.15, -0.1) is 0 Å². The van der Waals surface area contributed by atoms with Crippen molar-refractivity contribution in [2.24, 2.45) is 0 Å². The van der Waals surface area contributed by atoms with Crippen LogP contribution in [-0.4, -0.2) is 0 Å². The highest BCUT2D eigenvalue weighted by Crippen LogP contribution is 2.44. The van der Waals surface area contributed by atoms with Gasteiger partial charge < -0.3 is 8.83 Å². The molecule has 0 saturated heterocycles. The molecule has 0 atom stereocenters. The largest absolute Gasteiger partial charge is 0.456 e. The van der Waals surface area contributed by atoms with Crippen LogP contribution in [0.5, 0.6) is 0 Å². The van der Waals surface area contributed by atoms with E-state index < -0.39 is 0 Å². The lowest BCUT2D eigenvalue weighted by atomic mass is 9.89. The first kappa shape index (κ1) is 30.5. The van der Waals surface area contributed by atoms with Gasteiger partial charge in [-0.3, -0.25) is 0 Å². The van der Waals surface area contributed by atoms with Crippen LogP contribution < -0.4 is 0 Å². The van der Waals surface area contributed by atoms with Crippen LogP contribution in [-0.2, 0) is 0 Å². The van der Waals surface area contributed by atoms with Gasteiger partial charge in [-0.1, -0.05) is 133 Å². The van der Waals surface area contributed by atoms with E-state index in [1.165, 1.54) is 75.8 Å². The van der Waals surface area contributed by atoms with E-state index in [1.807, 2.05) is 0 Å². The van der Waals surface area contributed by atoms with Crippen molar-refractivity contribution in [1.82, 2.24) is 0 Å². The lowest BCUT2D eigenvalue weighted by Gasteiger charge is -2.14. The molecule has 0 aliphatic rings. The fraction of sp³-hybridized carbons (Fsp3) is 0. The molecule has 14 rings (SSSR count). The molecule has 266 valence electrons. The van der Waals surface area contributed by atoms with Gasteiger partial charge >= 0.3 is 0 Å². The molecule has 2 heterocycles. The average molecular weight is 735 g/mol. The van der Waals surface area contributed by atoms with Gasteiger partial charge in [0.15, 0.2) is 0 Å². The maximum Gasteiger partial charge on any atom is 0.143 e. The molecule has 2 nitrogen and oxygen atoms in total. The molecule has 58 heavy (non-hydrogen) atoms. The quantitative estimate of drug-likeness (QED) is 0.169. The Bertz CT molecular complexity index is 3950. The summed E-state index contributed by atoms with van der Waals surface area (Å²) in [6.07, 6.45) is 0. The van der Waals surface area contributed by atoms with Gasteiger partial charge in [-0.05, 0) is 141 Å². The molecular weight excluding hydrogens is 705 g/mol. The number of para-hydroxylation sites is 1. The first-order chi connectivity index (χ1) is 28.7. The second-order valence-corrected chi connectivity index (χ2v) is 16.0. The Morgan fingerprint density at radius 3 is 1.36 bits per heavy atom. The first-order valence-corrected chi connectivity index (χ1v) is 20.0. The van der Waals surface area contributed by atoms with Crippen LogP contribution >= 0.6 is 0 Å². The van der Waals surface area contributed by atoms with Gasteiger partial charge in [0.25, 0.3) is 0 Å². The molecule has 0 unspecified atom stereocenters. The van der Waals surface area contributed by atoms with Gasteiger partial charge in [-0.25, -0.2) is 0 Å². The maximum atomic E-state index is 6.70. The Balaban J connectivity index is 0.893. The Kier molecular flexibility index (Phi) is 5.79. The summed E-state index contributed by atoms with van der Waals surface area (Å²) in [7, 11) is 0. The fourth-order valence-electron chi connectivity index (χ4n) is 10.2. The minimum absolute atomic E-state index is 0.886. The zero-order chi connectivity index (χ0) is 37.6. The summed E-state index contributed by atoms with van der Waals surface area (Å²) >= 11 is 0. The third-order valence-electron chi connectivity index (χ3n) is 12.9. The maximum absolute atomic E-state index is 6.70. The molecular formula is C56H30O2. The highest BCUT2D eigenvalue weighted by Gasteiger charge is 2.18. The van der Waals surface area contributed by atoms with Gasteiger partial charge in [0, 0.05) is 27.1 Å². The molecule has 0 amide bonds. The molecule has 2 aromatic heterocycles. The minimum atomic E-state index is 0.886. The van der Waals surface area contributed by atoms with Crippen LogP contribution in [0.1, 0.15) is 0 Å². The molecule has 0 aliphatic carbocycles. The SMILES string of the molecule is c1cc2ccc3cc(-c4cccc5c4oc4ccc(-c6ccc7oc8ccc(-c9ccc%10ccc%11cccc%12ccc9c%10c%11%12)cc8c7c6)cc45)cc4ccc(c1)c2c34. The third-order valence-corrected chi connectivity index (χ3v) is 12.9. The Hall–Kier alpha value is -7.68. The summed E-state index contributed by atoms with van der Waals surface area (Å²) in [5.41, 5.74) is 10.5. The summed E-state index contributed by atoms with van der Waals surface area (Å²) in [6, 6.07) is 66.7. The molecule has 0 spiro atoms. The predicted molar refractivity (Wildman–Crippen MR) is 245 cm³/mol. The molecule has 0 fully saturated rings. The lowest BCUT2D eigenvalue weighted by Crippen LogP contribution is -1.87. The summed E-state index contributed by atoms with van der Waals surface area (Å²) < 4.78 is 13.1. The monoisotopic (exact) mass is 734 g/mol. The zero-order valence-electron chi connectivity index (χ0n) is 31.1. The molecule has 0 saturated carbocycles. The first-order valence-electron chi connectivity index (χ1n) is 20.0. The van der Waals surface area contributed by atoms with Gasteiger partial charge in [-0.2, -0.15) is 0 Å². The van der Waals surface area contributed by atoms with Crippen molar-refractivity contribution in [2.45, 2.75) is 0 Å². The zero-order valence-corrected chi connectivity index (χ0v) is 31.1. The molecule has 14 aromatic rings. The van der Waals surface area contributed by atoms with Crippen LogP contribution in [0, 0.1) is 0 Å². The summed E-state index contributed by atoms with van der Waals surface area (Å²) in [5, 5.41) is 20.0. The molecule has 0 N–H and O–H groups in total. The normalized spacial score (nSPS) is 12.5. The highest BCUT2D eigenvalue weighted by atomic mass is 16.3. The van der Waals surface area contributed by atoms with E-state index in [9.17, 15) is 0 Å². The van der Waals surface area contributed by atoms with E-state index >= 15 is 0 Å². The van der Waals surface area contributed by atoms with E-state index in [4.69, 9.17) is 8.83 Å².